The first-order valence-corrected chi connectivity index (χ1v) is 7.70. The van der Waals surface area contributed by atoms with Crippen molar-refractivity contribution in [1.82, 2.24) is 4.98 Å². The monoisotopic (exact) mass is 340 g/mol. The maximum Gasteiger partial charge on any atom is 0.250 e. The predicted molar refractivity (Wildman–Crippen MR) is 102 cm³/mol. The van der Waals surface area contributed by atoms with Crippen LogP contribution in [-0.4, -0.2) is 23.4 Å². The molecule has 6 heteroatoms. The van der Waals surface area contributed by atoms with Crippen molar-refractivity contribution in [1.29, 1.82) is 5.41 Å². The van der Waals surface area contributed by atoms with Gasteiger partial charge in [-0.3, -0.25) is 9.78 Å². The Labute approximate surface area is 147 Å². The number of aromatic nitrogens is 1. The van der Waals surface area contributed by atoms with Crippen LogP contribution in [0.4, 0.5) is 0 Å². The molecule has 0 atom stereocenters. The summed E-state index contributed by atoms with van der Waals surface area (Å²) >= 11 is 3.53. The molecule has 5 nitrogen and oxygen atoms in total. The molecule has 1 heterocycles. The van der Waals surface area contributed by atoms with Crippen LogP contribution in [0.1, 0.15) is 15.9 Å². The molecular formula is C18H20N4OS. The Balaban J connectivity index is 0.000000547. The molecule has 0 radical (unpaired) electrons. The van der Waals surface area contributed by atoms with Crippen molar-refractivity contribution in [2.45, 2.75) is 0 Å². The highest BCUT2D eigenvalue weighted by Gasteiger charge is 2.00. The summed E-state index contributed by atoms with van der Waals surface area (Å²) in [5.74, 6) is 4.82. The highest BCUT2D eigenvalue weighted by Crippen LogP contribution is 2.00. The number of pyridine rings is 1. The van der Waals surface area contributed by atoms with Crippen molar-refractivity contribution in [2.24, 2.45) is 11.5 Å². The van der Waals surface area contributed by atoms with E-state index >= 15 is 0 Å². The molecule has 124 valence electrons. The number of carbonyl (C=O) groups excluding carboxylic acids is 1. The third-order valence-electron chi connectivity index (χ3n) is 2.38. The molecular weight excluding hydrogens is 320 g/mol. The number of carbonyl (C=O) groups is 1. The largest absolute Gasteiger partial charge is 0.404 e. The number of hydrogen-bond donors (Lipinski definition) is 4. The SMILES string of the molecule is CS.N=C/C(C#Cc1cncc(C(N)=O)c1)=C\N.c1ccccc1. The number of amides is 1. The Morgan fingerprint density at radius 2 is 1.71 bits per heavy atom. The van der Waals surface area contributed by atoms with Crippen LogP contribution in [0.2, 0.25) is 0 Å². The summed E-state index contributed by atoms with van der Waals surface area (Å²) in [7, 11) is 0. The first-order valence-electron chi connectivity index (χ1n) is 6.81. The van der Waals surface area contributed by atoms with Crippen molar-refractivity contribution in [3.8, 4) is 11.8 Å². The summed E-state index contributed by atoms with van der Waals surface area (Å²) < 4.78 is 0. The van der Waals surface area contributed by atoms with Gasteiger partial charge in [0.25, 0.3) is 0 Å². The molecule has 0 aliphatic rings. The zero-order valence-electron chi connectivity index (χ0n) is 13.3. The molecule has 5 N–H and O–H groups in total. The summed E-state index contributed by atoms with van der Waals surface area (Å²) in [5, 5.41) is 6.97. The second-order valence-corrected chi connectivity index (χ2v) is 4.00. The number of hydrogen-bond acceptors (Lipinski definition) is 5. The zero-order valence-corrected chi connectivity index (χ0v) is 14.2. The smallest absolute Gasteiger partial charge is 0.250 e. The van der Waals surface area contributed by atoms with Gasteiger partial charge in [0.15, 0.2) is 0 Å². The summed E-state index contributed by atoms with van der Waals surface area (Å²) in [6.07, 6.45) is 6.82. The quantitative estimate of drug-likeness (QED) is 0.383. The molecule has 0 saturated carbocycles. The van der Waals surface area contributed by atoms with Gasteiger partial charge in [-0.05, 0) is 12.3 Å². The van der Waals surface area contributed by atoms with Gasteiger partial charge in [0.05, 0.1) is 11.1 Å². The molecule has 0 bridgehead atoms. The van der Waals surface area contributed by atoms with Gasteiger partial charge < -0.3 is 16.9 Å². The van der Waals surface area contributed by atoms with Gasteiger partial charge in [0, 0.05) is 30.4 Å². The highest BCUT2D eigenvalue weighted by molar-refractivity contribution is 7.79. The van der Waals surface area contributed by atoms with Crippen LogP contribution in [0.5, 0.6) is 0 Å². The fourth-order valence-corrected chi connectivity index (χ4v) is 1.30. The lowest BCUT2D eigenvalue weighted by atomic mass is 10.2. The molecule has 0 unspecified atom stereocenters. The van der Waals surface area contributed by atoms with E-state index in [9.17, 15) is 4.79 Å². The summed E-state index contributed by atoms with van der Waals surface area (Å²) in [6, 6.07) is 13.5. The lowest BCUT2D eigenvalue weighted by Crippen LogP contribution is -2.11. The minimum atomic E-state index is -0.558. The summed E-state index contributed by atoms with van der Waals surface area (Å²) in [5.41, 5.74) is 11.5. The van der Waals surface area contributed by atoms with E-state index in [1.807, 2.05) is 36.4 Å². The molecule has 2 aromatic rings. The van der Waals surface area contributed by atoms with E-state index in [0.717, 1.165) is 6.21 Å². The molecule has 0 fully saturated rings. The van der Waals surface area contributed by atoms with Crippen LogP contribution in [-0.2, 0) is 0 Å². The Morgan fingerprint density at radius 3 is 2.12 bits per heavy atom. The van der Waals surface area contributed by atoms with Crippen LogP contribution in [0.25, 0.3) is 0 Å². The van der Waals surface area contributed by atoms with E-state index in [0.29, 0.717) is 16.7 Å². The molecule has 24 heavy (non-hydrogen) atoms. The Bertz CT molecular complexity index is 692. The number of nitrogens with zero attached hydrogens (tertiary/aromatic N) is 1. The number of nitrogens with two attached hydrogens (primary N) is 2. The van der Waals surface area contributed by atoms with Crippen LogP contribution in [0, 0.1) is 17.3 Å². The number of nitrogens with one attached hydrogen (secondary N) is 1. The molecule has 0 saturated heterocycles. The topological polar surface area (TPSA) is 106 Å². The van der Waals surface area contributed by atoms with Gasteiger partial charge in [0.2, 0.25) is 5.91 Å². The van der Waals surface area contributed by atoms with Crippen LogP contribution >= 0.6 is 12.6 Å². The lowest BCUT2D eigenvalue weighted by molar-refractivity contribution is 0.1000. The van der Waals surface area contributed by atoms with Gasteiger partial charge in [-0.15, -0.1) is 0 Å². The minimum Gasteiger partial charge on any atom is -0.404 e. The van der Waals surface area contributed by atoms with E-state index in [1.54, 1.807) is 6.26 Å². The van der Waals surface area contributed by atoms with Gasteiger partial charge in [-0.25, -0.2) is 0 Å². The lowest BCUT2D eigenvalue weighted by Gasteiger charge is -1.94. The van der Waals surface area contributed by atoms with Crippen molar-refractivity contribution < 1.29 is 4.79 Å². The average molecular weight is 340 g/mol. The Kier molecular flexibility index (Phi) is 11.9. The molecule has 1 aromatic heterocycles. The second kappa shape index (κ2) is 13.6. The van der Waals surface area contributed by atoms with Gasteiger partial charge in [0.1, 0.15) is 0 Å². The van der Waals surface area contributed by atoms with E-state index in [-0.39, 0.29) is 0 Å². The average Bonchev–Trinajstić information content (AvgIpc) is 2.66. The van der Waals surface area contributed by atoms with Crippen LogP contribution in [0.15, 0.2) is 66.6 Å². The number of benzene rings is 1. The van der Waals surface area contributed by atoms with E-state index in [4.69, 9.17) is 16.9 Å². The standard InChI is InChI=1S/C11H10N4O.C6H6.CH4S/c12-4-9(5-13)2-1-8-3-10(11(14)16)7-15-6-8;1-2-4-6-5-3-1;1-2/h3-7,12H,13H2,(H2,14,16);1-6H;2H,1H3/b9-5-,12-4?;;. The second-order valence-electron chi connectivity index (χ2n) is 4.00. The highest BCUT2D eigenvalue weighted by atomic mass is 32.1. The summed E-state index contributed by atoms with van der Waals surface area (Å²) in [6.45, 7) is 0. The maximum absolute atomic E-state index is 10.9. The predicted octanol–water partition coefficient (Wildman–Crippen LogP) is 2.26. The normalized spacial score (nSPS) is 9.00. The Morgan fingerprint density at radius 1 is 1.17 bits per heavy atom. The first kappa shape index (κ1) is 21.0. The van der Waals surface area contributed by atoms with E-state index in [1.165, 1.54) is 24.7 Å². The van der Waals surface area contributed by atoms with Gasteiger partial charge >= 0.3 is 0 Å². The molecule has 0 aliphatic heterocycles. The van der Waals surface area contributed by atoms with Gasteiger partial charge in [-0.2, -0.15) is 12.6 Å². The fourth-order valence-electron chi connectivity index (χ4n) is 1.30. The number of rotatable bonds is 2. The maximum atomic E-state index is 10.9. The van der Waals surface area contributed by atoms with Crippen LogP contribution in [0.3, 0.4) is 0 Å². The fraction of sp³-hybridized carbons (Fsp3) is 0.0556. The van der Waals surface area contributed by atoms with E-state index < -0.39 is 5.91 Å². The van der Waals surface area contributed by atoms with Gasteiger partial charge in [-0.1, -0.05) is 48.2 Å². The Hall–Kier alpha value is -3.04. The molecule has 0 aliphatic carbocycles. The number of primary amides is 1. The number of allylic oxidation sites excluding steroid dienone is 1. The third-order valence-corrected chi connectivity index (χ3v) is 2.38. The molecule has 1 aromatic carbocycles. The van der Waals surface area contributed by atoms with Crippen LogP contribution < -0.4 is 11.5 Å². The number of thiol groups is 1. The minimum absolute atomic E-state index is 0.292. The van der Waals surface area contributed by atoms with E-state index in [2.05, 4.69) is 29.5 Å². The molecule has 2 rings (SSSR count). The van der Waals surface area contributed by atoms with Crippen molar-refractivity contribution in [3.05, 3.63) is 77.8 Å². The third kappa shape index (κ3) is 9.07. The molecule has 0 spiro atoms. The summed E-state index contributed by atoms with van der Waals surface area (Å²) in [4.78, 5) is 14.7. The zero-order chi connectivity index (χ0) is 18.2. The first-order chi connectivity index (χ1) is 11.7. The van der Waals surface area contributed by atoms with Crippen molar-refractivity contribution in [3.63, 3.8) is 0 Å². The molecule has 1 amide bonds. The van der Waals surface area contributed by atoms with Crippen molar-refractivity contribution in [2.75, 3.05) is 6.26 Å². The van der Waals surface area contributed by atoms with Crippen molar-refractivity contribution >= 4 is 24.8 Å².